The van der Waals surface area contributed by atoms with Crippen molar-refractivity contribution in [3.05, 3.63) is 35.1 Å². The van der Waals surface area contributed by atoms with Crippen LogP contribution < -0.4 is 5.32 Å². The van der Waals surface area contributed by atoms with Gasteiger partial charge in [0.15, 0.2) is 17.5 Å². The maximum atomic E-state index is 13.1. The number of hydrogen-bond acceptors (Lipinski definition) is 1. The summed E-state index contributed by atoms with van der Waals surface area (Å²) < 4.78 is 39.1. The van der Waals surface area contributed by atoms with Crippen LogP contribution in [-0.4, -0.2) is 11.9 Å². The predicted octanol–water partition coefficient (Wildman–Crippen LogP) is 3.66. The number of amides is 1. The molecule has 2 nitrogen and oxygen atoms in total. The van der Waals surface area contributed by atoms with Gasteiger partial charge in [-0.15, -0.1) is 0 Å². The van der Waals surface area contributed by atoms with E-state index in [0.29, 0.717) is 11.8 Å². The molecule has 0 heterocycles. The monoisotopic (exact) mass is 285 g/mol. The molecule has 3 unspecified atom stereocenters. The molecule has 0 saturated heterocycles. The molecule has 2 rings (SSSR count). The Bertz CT molecular complexity index is 495. The molecule has 0 radical (unpaired) electrons. The van der Waals surface area contributed by atoms with E-state index in [1.807, 2.05) is 0 Å². The lowest BCUT2D eigenvalue weighted by Gasteiger charge is -2.34. The second-order valence-electron chi connectivity index (χ2n) is 5.60. The van der Waals surface area contributed by atoms with E-state index in [9.17, 15) is 18.0 Å². The van der Waals surface area contributed by atoms with Gasteiger partial charge in [0.25, 0.3) is 5.91 Å². The summed E-state index contributed by atoms with van der Waals surface area (Å²) in [5.74, 6) is -4.01. The first-order valence-corrected chi connectivity index (χ1v) is 6.85. The minimum absolute atomic E-state index is 0.0116. The molecule has 20 heavy (non-hydrogen) atoms. The van der Waals surface area contributed by atoms with Gasteiger partial charge in [-0.3, -0.25) is 4.79 Å². The predicted molar refractivity (Wildman–Crippen MR) is 69.7 cm³/mol. The molecule has 5 heteroatoms. The molecule has 1 amide bonds. The third kappa shape index (κ3) is 2.97. The lowest BCUT2D eigenvalue weighted by Crippen LogP contribution is -2.43. The van der Waals surface area contributed by atoms with E-state index in [4.69, 9.17) is 0 Å². The molecule has 0 bridgehead atoms. The molecule has 1 saturated carbocycles. The van der Waals surface area contributed by atoms with Crippen molar-refractivity contribution in [1.82, 2.24) is 5.32 Å². The van der Waals surface area contributed by atoms with Crippen LogP contribution in [0.15, 0.2) is 12.1 Å². The molecule has 1 aliphatic carbocycles. The molecular formula is C15H18F3NO. The molecule has 0 aromatic heterocycles. The first-order chi connectivity index (χ1) is 9.40. The highest BCUT2D eigenvalue weighted by atomic mass is 19.2. The third-order valence-electron chi connectivity index (χ3n) is 4.27. The zero-order chi connectivity index (χ0) is 14.9. The van der Waals surface area contributed by atoms with Crippen LogP contribution in [0, 0.1) is 29.3 Å². The van der Waals surface area contributed by atoms with E-state index < -0.39 is 23.4 Å². The highest BCUT2D eigenvalue weighted by Gasteiger charge is 2.28. The molecule has 1 aromatic rings. The molecule has 1 aliphatic rings. The van der Waals surface area contributed by atoms with E-state index in [-0.39, 0.29) is 11.6 Å². The minimum Gasteiger partial charge on any atom is -0.349 e. The summed E-state index contributed by atoms with van der Waals surface area (Å²) in [6.07, 6.45) is 2.99. The second kappa shape index (κ2) is 5.85. The SMILES string of the molecule is CC1CCCC(NC(=O)c2cc(F)c(F)c(F)c2)C1C. The smallest absolute Gasteiger partial charge is 0.251 e. The van der Waals surface area contributed by atoms with Gasteiger partial charge in [-0.1, -0.05) is 26.7 Å². The number of rotatable bonds is 2. The normalized spacial score (nSPS) is 26.4. The van der Waals surface area contributed by atoms with Gasteiger partial charge < -0.3 is 5.32 Å². The summed E-state index contributed by atoms with van der Waals surface area (Å²) in [5, 5.41) is 2.79. The number of hydrogen-bond donors (Lipinski definition) is 1. The van der Waals surface area contributed by atoms with E-state index in [0.717, 1.165) is 31.4 Å². The van der Waals surface area contributed by atoms with Crippen LogP contribution in [0.25, 0.3) is 0 Å². The second-order valence-corrected chi connectivity index (χ2v) is 5.60. The molecule has 1 N–H and O–H groups in total. The Balaban J connectivity index is 2.12. The fourth-order valence-corrected chi connectivity index (χ4v) is 2.72. The van der Waals surface area contributed by atoms with Crippen molar-refractivity contribution in [1.29, 1.82) is 0 Å². The number of halogens is 3. The topological polar surface area (TPSA) is 29.1 Å². The van der Waals surface area contributed by atoms with Crippen molar-refractivity contribution in [3.63, 3.8) is 0 Å². The average molecular weight is 285 g/mol. The Morgan fingerprint density at radius 1 is 1.15 bits per heavy atom. The van der Waals surface area contributed by atoms with Crippen molar-refractivity contribution in [2.24, 2.45) is 11.8 Å². The van der Waals surface area contributed by atoms with Crippen molar-refractivity contribution < 1.29 is 18.0 Å². The first-order valence-electron chi connectivity index (χ1n) is 6.85. The lowest BCUT2D eigenvalue weighted by molar-refractivity contribution is 0.0890. The number of nitrogens with one attached hydrogen (secondary N) is 1. The van der Waals surface area contributed by atoms with Crippen molar-refractivity contribution in [2.45, 2.75) is 39.2 Å². The molecule has 0 spiro atoms. The maximum Gasteiger partial charge on any atom is 0.251 e. The van der Waals surface area contributed by atoms with Gasteiger partial charge in [-0.05, 0) is 30.4 Å². The highest BCUT2D eigenvalue weighted by molar-refractivity contribution is 5.94. The Morgan fingerprint density at radius 3 is 2.35 bits per heavy atom. The van der Waals surface area contributed by atoms with E-state index >= 15 is 0 Å². The van der Waals surface area contributed by atoms with Gasteiger partial charge in [0.2, 0.25) is 0 Å². The van der Waals surface area contributed by atoms with Crippen LogP contribution in [-0.2, 0) is 0 Å². The van der Waals surface area contributed by atoms with Crippen molar-refractivity contribution in [2.75, 3.05) is 0 Å². The van der Waals surface area contributed by atoms with Gasteiger partial charge >= 0.3 is 0 Å². The lowest BCUT2D eigenvalue weighted by atomic mass is 9.78. The first kappa shape index (κ1) is 14.9. The van der Waals surface area contributed by atoms with Crippen LogP contribution in [0.1, 0.15) is 43.5 Å². The molecule has 1 aromatic carbocycles. The number of carbonyl (C=O) groups excluding carboxylic acids is 1. The van der Waals surface area contributed by atoms with E-state index in [1.165, 1.54) is 0 Å². The summed E-state index contributed by atoms with van der Waals surface area (Å²) in [6.45, 7) is 4.18. The molecule has 1 fully saturated rings. The Hall–Kier alpha value is -1.52. The van der Waals surface area contributed by atoms with E-state index in [1.54, 1.807) is 0 Å². The maximum absolute atomic E-state index is 13.1. The van der Waals surface area contributed by atoms with Crippen molar-refractivity contribution in [3.8, 4) is 0 Å². The summed E-state index contributed by atoms with van der Waals surface area (Å²) in [4.78, 5) is 12.0. The van der Waals surface area contributed by atoms with Gasteiger partial charge in [0, 0.05) is 11.6 Å². The summed E-state index contributed by atoms with van der Waals surface area (Å²) in [7, 11) is 0. The fraction of sp³-hybridized carbons (Fsp3) is 0.533. The van der Waals surface area contributed by atoms with Crippen LogP contribution in [0.4, 0.5) is 13.2 Å². The summed E-state index contributed by atoms with van der Waals surface area (Å²) >= 11 is 0. The van der Waals surface area contributed by atoms with Gasteiger partial charge in [0.1, 0.15) is 0 Å². The third-order valence-corrected chi connectivity index (χ3v) is 4.27. The zero-order valence-corrected chi connectivity index (χ0v) is 11.6. The van der Waals surface area contributed by atoms with Gasteiger partial charge in [-0.2, -0.15) is 0 Å². The average Bonchev–Trinajstić information content (AvgIpc) is 2.40. The molecule has 3 atom stereocenters. The molecule has 110 valence electrons. The Labute approximate surface area is 116 Å². The highest BCUT2D eigenvalue weighted by Crippen LogP contribution is 2.29. The zero-order valence-electron chi connectivity index (χ0n) is 11.6. The van der Waals surface area contributed by atoms with E-state index in [2.05, 4.69) is 19.2 Å². The number of carbonyl (C=O) groups is 1. The largest absolute Gasteiger partial charge is 0.349 e. The summed E-state index contributed by atoms with van der Waals surface area (Å²) in [5.41, 5.74) is -0.188. The van der Waals surface area contributed by atoms with Crippen LogP contribution in [0.2, 0.25) is 0 Å². The van der Waals surface area contributed by atoms with Crippen LogP contribution >= 0.6 is 0 Å². The Morgan fingerprint density at radius 2 is 1.75 bits per heavy atom. The number of benzene rings is 1. The Kier molecular flexibility index (Phi) is 4.35. The quantitative estimate of drug-likeness (QED) is 0.826. The summed E-state index contributed by atoms with van der Waals surface area (Å²) in [6, 6.07) is 1.44. The van der Waals surface area contributed by atoms with Crippen LogP contribution in [0.5, 0.6) is 0 Å². The molecule has 0 aliphatic heterocycles. The van der Waals surface area contributed by atoms with Crippen molar-refractivity contribution >= 4 is 5.91 Å². The fourth-order valence-electron chi connectivity index (χ4n) is 2.72. The van der Waals surface area contributed by atoms with Gasteiger partial charge in [-0.25, -0.2) is 13.2 Å². The minimum atomic E-state index is -1.55. The standard InChI is InChI=1S/C15H18F3NO/c1-8-4-3-5-13(9(8)2)19-15(20)10-6-11(16)14(18)12(17)7-10/h6-9,13H,3-5H2,1-2H3,(H,19,20). The van der Waals surface area contributed by atoms with Crippen LogP contribution in [0.3, 0.4) is 0 Å². The van der Waals surface area contributed by atoms with Gasteiger partial charge in [0.05, 0.1) is 0 Å². The molecular weight excluding hydrogens is 267 g/mol.